The van der Waals surface area contributed by atoms with E-state index in [4.69, 9.17) is 11.6 Å². The number of carbonyl (C=O) groups is 2. The Bertz CT molecular complexity index is 1170. The van der Waals surface area contributed by atoms with E-state index in [0.29, 0.717) is 11.5 Å². The molecule has 7 nitrogen and oxygen atoms in total. The average molecular weight is 436 g/mol. The van der Waals surface area contributed by atoms with Crippen molar-refractivity contribution in [3.63, 3.8) is 0 Å². The minimum absolute atomic E-state index is 0.0791. The van der Waals surface area contributed by atoms with Crippen molar-refractivity contribution < 1.29 is 14.0 Å². The number of hydrogen-bond acceptors (Lipinski definition) is 4. The number of para-hydroxylation sites is 1. The quantitative estimate of drug-likeness (QED) is 0.477. The van der Waals surface area contributed by atoms with Gasteiger partial charge in [0.15, 0.2) is 5.82 Å². The Kier molecular flexibility index (Phi) is 5.72. The Hall–Kier alpha value is -4.04. The molecule has 0 aliphatic heterocycles. The number of nitrogens with one attached hydrogen (secondary N) is 2. The first-order valence-corrected chi connectivity index (χ1v) is 9.55. The molecule has 0 saturated carbocycles. The van der Waals surface area contributed by atoms with Crippen molar-refractivity contribution in [3.05, 3.63) is 101 Å². The molecule has 9 heteroatoms. The van der Waals surface area contributed by atoms with E-state index in [2.05, 4.69) is 20.9 Å². The Morgan fingerprint density at radius 1 is 0.839 bits per heavy atom. The first-order valence-electron chi connectivity index (χ1n) is 9.17. The molecule has 1 heterocycles. The van der Waals surface area contributed by atoms with Gasteiger partial charge in [-0.25, -0.2) is 14.1 Å². The molecule has 3 aromatic carbocycles. The molecule has 0 atom stereocenters. The highest BCUT2D eigenvalue weighted by Gasteiger charge is 2.21. The Labute approximate surface area is 181 Å². The average Bonchev–Trinajstić information content (AvgIpc) is 3.24. The molecule has 154 valence electrons. The van der Waals surface area contributed by atoms with Crippen molar-refractivity contribution in [1.82, 2.24) is 25.6 Å². The van der Waals surface area contributed by atoms with Gasteiger partial charge < -0.3 is 0 Å². The van der Waals surface area contributed by atoms with Crippen molar-refractivity contribution in [1.29, 1.82) is 0 Å². The highest BCUT2D eigenvalue weighted by atomic mass is 35.5. The van der Waals surface area contributed by atoms with Crippen LogP contribution in [0.5, 0.6) is 0 Å². The number of rotatable bonds is 4. The first kappa shape index (κ1) is 20.2. The predicted molar refractivity (Wildman–Crippen MR) is 113 cm³/mol. The lowest BCUT2D eigenvalue weighted by Gasteiger charge is -2.07. The maximum Gasteiger partial charge on any atom is 0.309 e. The Morgan fingerprint density at radius 3 is 2.16 bits per heavy atom. The van der Waals surface area contributed by atoms with Crippen LogP contribution in [0.4, 0.5) is 4.39 Å². The summed E-state index contributed by atoms with van der Waals surface area (Å²) in [6.07, 6.45) is 0. The lowest BCUT2D eigenvalue weighted by atomic mass is 10.2. The number of amides is 2. The molecule has 0 fully saturated rings. The zero-order valence-corrected chi connectivity index (χ0v) is 16.7. The predicted octanol–water partition coefficient (Wildman–Crippen LogP) is 3.80. The molecule has 0 saturated heterocycles. The minimum Gasteiger partial charge on any atom is -0.267 e. The van der Waals surface area contributed by atoms with Crippen molar-refractivity contribution in [2.45, 2.75) is 0 Å². The summed E-state index contributed by atoms with van der Waals surface area (Å²) in [7, 11) is 0. The monoisotopic (exact) mass is 435 g/mol. The van der Waals surface area contributed by atoms with Gasteiger partial charge in [-0.2, -0.15) is 0 Å². The van der Waals surface area contributed by atoms with Gasteiger partial charge in [-0.3, -0.25) is 20.4 Å². The summed E-state index contributed by atoms with van der Waals surface area (Å²) in [6.45, 7) is 0. The van der Waals surface area contributed by atoms with Gasteiger partial charge in [0.1, 0.15) is 5.82 Å². The molecule has 0 unspecified atom stereocenters. The Balaban J connectivity index is 1.60. The number of carbonyl (C=O) groups excluding carboxylic acids is 2. The van der Waals surface area contributed by atoms with Gasteiger partial charge in [-0.05, 0) is 24.3 Å². The molecule has 2 N–H and O–H groups in total. The van der Waals surface area contributed by atoms with Crippen LogP contribution in [0.25, 0.3) is 17.1 Å². The second kappa shape index (κ2) is 8.76. The molecular weight excluding hydrogens is 421 g/mol. The molecule has 0 bridgehead atoms. The van der Waals surface area contributed by atoms with E-state index in [0.717, 1.165) is 11.6 Å². The molecular formula is C22H15ClFN5O2. The molecule has 0 aliphatic carbocycles. The number of halogens is 2. The molecule has 0 aliphatic rings. The zero-order chi connectivity index (χ0) is 21.8. The van der Waals surface area contributed by atoms with E-state index in [-0.39, 0.29) is 16.4 Å². The third-order valence-electron chi connectivity index (χ3n) is 4.32. The molecule has 2 amide bonds. The van der Waals surface area contributed by atoms with E-state index in [1.54, 1.807) is 0 Å². The van der Waals surface area contributed by atoms with Crippen LogP contribution in [0.1, 0.15) is 21.0 Å². The van der Waals surface area contributed by atoms with Gasteiger partial charge in [0.05, 0.1) is 16.3 Å². The number of aromatic nitrogens is 3. The summed E-state index contributed by atoms with van der Waals surface area (Å²) in [6, 6.07) is 22.3. The smallest absolute Gasteiger partial charge is 0.267 e. The normalized spacial score (nSPS) is 10.5. The summed E-state index contributed by atoms with van der Waals surface area (Å²) in [4.78, 5) is 29.2. The molecule has 0 radical (unpaired) electrons. The lowest BCUT2D eigenvalue weighted by Crippen LogP contribution is -2.42. The topological polar surface area (TPSA) is 88.9 Å². The van der Waals surface area contributed by atoms with E-state index in [1.165, 1.54) is 16.8 Å². The maximum absolute atomic E-state index is 13.9. The SMILES string of the molecule is O=C(NNC(=O)c1c(F)cccc1Cl)c1nc(-c2ccccc2)n(-c2ccccc2)n1. The molecule has 31 heavy (non-hydrogen) atoms. The van der Waals surface area contributed by atoms with Gasteiger partial charge in [0.25, 0.3) is 5.91 Å². The second-order valence-corrected chi connectivity index (χ2v) is 6.78. The van der Waals surface area contributed by atoms with Crippen molar-refractivity contribution in [2.24, 2.45) is 0 Å². The van der Waals surface area contributed by atoms with E-state index in [9.17, 15) is 14.0 Å². The molecule has 4 rings (SSSR count). The van der Waals surface area contributed by atoms with Crippen LogP contribution in [0, 0.1) is 5.82 Å². The van der Waals surface area contributed by atoms with Gasteiger partial charge in [0.2, 0.25) is 5.82 Å². The van der Waals surface area contributed by atoms with Gasteiger partial charge >= 0.3 is 5.91 Å². The van der Waals surface area contributed by atoms with E-state index in [1.807, 2.05) is 60.7 Å². The lowest BCUT2D eigenvalue weighted by molar-refractivity contribution is 0.0838. The largest absolute Gasteiger partial charge is 0.309 e. The minimum atomic E-state index is -0.901. The highest BCUT2D eigenvalue weighted by molar-refractivity contribution is 6.33. The summed E-state index contributed by atoms with van der Waals surface area (Å²) >= 11 is 5.87. The fraction of sp³-hybridized carbons (Fsp3) is 0. The second-order valence-electron chi connectivity index (χ2n) is 6.38. The maximum atomic E-state index is 13.9. The van der Waals surface area contributed by atoms with Crippen LogP contribution >= 0.6 is 11.6 Å². The van der Waals surface area contributed by atoms with E-state index < -0.39 is 17.6 Å². The third-order valence-corrected chi connectivity index (χ3v) is 4.64. The zero-order valence-electron chi connectivity index (χ0n) is 15.9. The summed E-state index contributed by atoms with van der Waals surface area (Å²) < 4.78 is 15.4. The summed E-state index contributed by atoms with van der Waals surface area (Å²) in [5, 5.41) is 4.21. The fourth-order valence-corrected chi connectivity index (χ4v) is 3.13. The van der Waals surface area contributed by atoms with Crippen LogP contribution in [0.2, 0.25) is 5.02 Å². The van der Waals surface area contributed by atoms with Gasteiger partial charge in [-0.1, -0.05) is 66.2 Å². The summed E-state index contributed by atoms with van der Waals surface area (Å²) in [5.74, 6) is -2.21. The molecule has 0 spiro atoms. The van der Waals surface area contributed by atoms with Crippen molar-refractivity contribution in [2.75, 3.05) is 0 Å². The first-order chi connectivity index (χ1) is 15.0. The number of hydrogen-bond donors (Lipinski definition) is 2. The van der Waals surface area contributed by atoms with Crippen LogP contribution in [-0.2, 0) is 0 Å². The molecule has 1 aromatic heterocycles. The fourth-order valence-electron chi connectivity index (χ4n) is 2.88. The van der Waals surface area contributed by atoms with Crippen molar-refractivity contribution >= 4 is 23.4 Å². The Morgan fingerprint density at radius 2 is 1.48 bits per heavy atom. The highest BCUT2D eigenvalue weighted by Crippen LogP contribution is 2.21. The number of nitrogens with zero attached hydrogens (tertiary/aromatic N) is 3. The molecule has 4 aromatic rings. The number of hydrazine groups is 1. The van der Waals surface area contributed by atoms with Gasteiger partial charge in [0, 0.05) is 5.56 Å². The van der Waals surface area contributed by atoms with Crippen LogP contribution in [0.3, 0.4) is 0 Å². The van der Waals surface area contributed by atoms with Crippen LogP contribution < -0.4 is 10.9 Å². The number of benzene rings is 3. The summed E-state index contributed by atoms with van der Waals surface area (Å²) in [5.41, 5.74) is 5.40. The van der Waals surface area contributed by atoms with Crippen LogP contribution in [-0.4, -0.2) is 26.6 Å². The third kappa shape index (κ3) is 4.29. The van der Waals surface area contributed by atoms with Crippen molar-refractivity contribution in [3.8, 4) is 17.1 Å². The van der Waals surface area contributed by atoms with Crippen LogP contribution in [0.15, 0.2) is 78.9 Å². The van der Waals surface area contributed by atoms with Gasteiger partial charge in [-0.15, -0.1) is 5.10 Å². The van der Waals surface area contributed by atoms with E-state index >= 15 is 0 Å². The standard InChI is InChI=1S/C22H15ClFN5O2/c23-16-12-7-13-17(24)18(16)21(30)26-27-22(31)19-25-20(14-8-3-1-4-9-14)29(28-19)15-10-5-2-6-11-15/h1-13H,(H,26,30)(H,27,31).